The van der Waals surface area contributed by atoms with Gasteiger partial charge in [0.15, 0.2) is 0 Å². The van der Waals surface area contributed by atoms with Crippen LogP contribution >= 0.6 is 0 Å². The number of hydrogen-bond acceptors (Lipinski definition) is 5. The number of aliphatic hydroxyl groups is 1. The molecule has 1 aliphatic rings. The van der Waals surface area contributed by atoms with Gasteiger partial charge in [-0.1, -0.05) is 6.07 Å². The second kappa shape index (κ2) is 6.80. The van der Waals surface area contributed by atoms with Crippen LogP contribution in [0.5, 0.6) is 0 Å². The normalized spacial score (nSPS) is 22.1. The first kappa shape index (κ1) is 19.6. The molecular formula is C19H16F3N3O3. The number of alkyl halides is 3. The van der Waals surface area contributed by atoms with Gasteiger partial charge in [0.1, 0.15) is 11.3 Å². The van der Waals surface area contributed by atoms with Crippen LogP contribution in [0.25, 0.3) is 0 Å². The smallest absolute Gasteiger partial charge is 0.417 e. The predicted molar refractivity (Wildman–Crippen MR) is 92.7 cm³/mol. The zero-order valence-electron chi connectivity index (χ0n) is 14.7. The summed E-state index contributed by atoms with van der Waals surface area (Å²) in [6, 6.07) is 7.12. The van der Waals surface area contributed by atoms with Crippen LogP contribution in [0, 0.1) is 11.3 Å². The number of carboxylic acid groups (broad SMARTS) is 1. The first-order valence-corrected chi connectivity index (χ1v) is 8.38. The average Bonchev–Trinajstić information content (AvgIpc) is 2.96. The van der Waals surface area contributed by atoms with Crippen molar-refractivity contribution in [2.24, 2.45) is 0 Å². The largest absolute Gasteiger partial charge is 0.477 e. The van der Waals surface area contributed by atoms with Gasteiger partial charge in [-0.15, -0.1) is 0 Å². The van der Waals surface area contributed by atoms with Crippen molar-refractivity contribution in [3.05, 3.63) is 58.9 Å². The molecule has 1 aliphatic heterocycles. The van der Waals surface area contributed by atoms with E-state index in [2.05, 4.69) is 4.98 Å². The predicted octanol–water partition coefficient (Wildman–Crippen LogP) is 3.16. The highest BCUT2D eigenvalue weighted by molar-refractivity contribution is 5.85. The third-order valence-electron chi connectivity index (χ3n) is 5.14. The highest BCUT2D eigenvalue weighted by Crippen LogP contribution is 2.42. The number of rotatable bonds is 3. The molecule has 2 heterocycles. The van der Waals surface area contributed by atoms with Crippen molar-refractivity contribution < 1.29 is 28.2 Å². The van der Waals surface area contributed by atoms with Crippen molar-refractivity contribution >= 4 is 11.7 Å². The van der Waals surface area contributed by atoms with E-state index in [1.54, 1.807) is 17.9 Å². The van der Waals surface area contributed by atoms with E-state index in [0.717, 1.165) is 12.1 Å². The Balaban J connectivity index is 1.95. The molecular weight excluding hydrogens is 375 g/mol. The molecule has 6 nitrogen and oxygen atoms in total. The first-order chi connectivity index (χ1) is 13.1. The van der Waals surface area contributed by atoms with Crippen LogP contribution in [-0.2, 0) is 11.8 Å². The number of benzene rings is 1. The molecule has 2 aromatic rings. The van der Waals surface area contributed by atoms with Crippen LogP contribution in [0.15, 0.2) is 36.5 Å². The van der Waals surface area contributed by atoms with E-state index in [0.29, 0.717) is 5.56 Å². The summed E-state index contributed by atoms with van der Waals surface area (Å²) >= 11 is 0. The van der Waals surface area contributed by atoms with Gasteiger partial charge in [-0.05, 0) is 37.6 Å². The van der Waals surface area contributed by atoms with Gasteiger partial charge in [0.25, 0.3) is 0 Å². The third kappa shape index (κ3) is 3.27. The number of aromatic nitrogens is 1. The highest BCUT2D eigenvalue weighted by atomic mass is 19.4. The molecule has 9 heteroatoms. The minimum atomic E-state index is -4.67. The van der Waals surface area contributed by atoms with E-state index >= 15 is 0 Å². The van der Waals surface area contributed by atoms with Crippen LogP contribution in [0.1, 0.15) is 40.5 Å². The lowest BCUT2D eigenvalue weighted by Crippen LogP contribution is -2.40. The topological polar surface area (TPSA) is 97.5 Å². The molecule has 1 aromatic carbocycles. The lowest BCUT2D eigenvalue weighted by molar-refractivity contribution is -0.137. The van der Waals surface area contributed by atoms with E-state index in [9.17, 15) is 23.1 Å². The first-order valence-electron chi connectivity index (χ1n) is 8.38. The summed E-state index contributed by atoms with van der Waals surface area (Å²) in [6.45, 7) is 1.95. The summed E-state index contributed by atoms with van der Waals surface area (Å²) in [5, 5.41) is 29.0. The third-order valence-corrected chi connectivity index (χ3v) is 5.14. The maximum absolute atomic E-state index is 13.2. The monoisotopic (exact) mass is 391 g/mol. The highest BCUT2D eigenvalue weighted by Gasteiger charge is 2.45. The Bertz CT molecular complexity index is 954. The molecule has 0 saturated carbocycles. The summed E-state index contributed by atoms with van der Waals surface area (Å²) in [6.07, 6.45) is -3.18. The molecule has 0 radical (unpaired) electrons. The number of pyridine rings is 1. The van der Waals surface area contributed by atoms with Crippen LogP contribution in [0.2, 0.25) is 0 Å². The number of carbonyl (C=O) groups is 1. The van der Waals surface area contributed by atoms with Crippen molar-refractivity contribution in [3.63, 3.8) is 0 Å². The summed E-state index contributed by atoms with van der Waals surface area (Å²) in [5.74, 6) is -1.20. The van der Waals surface area contributed by atoms with Gasteiger partial charge >= 0.3 is 12.1 Å². The molecule has 0 unspecified atom stereocenters. The second-order valence-corrected chi connectivity index (χ2v) is 6.62. The molecule has 1 fully saturated rings. The fourth-order valence-electron chi connectivity index (χ4n) is 3.51. The molecule has 0 bridgehead atoms. The molecule has 0 amide bonds. The van der Waals surface area contributed by atoms with Gasteiger partial charge in [-0.2, -0.15) is 18.4 Å². The molecule has 0 aliphatic carbocycles. The maximum Gasteiger partial charge on any atom is 0.417 e. The number of carboxylic acids is 1. The van der Waals surface area contributed by atoms with E-state index < -0.39 is 34.9 Å². The fraction of sp³-hybridized carbons (Fsp3) is 0.316. The van der Waals surface area contributed by atoms with Gasteiger partial charge in [0.2, 0.25) is 0 Å². The van der Waals surface area contributed by atoms with Gasteiger partial charge in [-0.3, -0.25) is 0 Å². The number of halogens is 3. The summed E-state index contributed by atoms with van der Waals surface area (Å²) in [5.41, 5.74) is -2.44. The lowest BCUT2D eigenvalue weighted by Gasteiger charge is -2.33. The SMILES string of the molecule is C[C@@H]1N(c2ccc(C#N)c(C(F)(F)F)c2)CC[C@@]1(O)c1ccc(C(=O)O)nc1. The van der Waals surface area contributed by atoms with Gasteiger partial charge < -0.3 is 15.1 Å². The number of nitrogens with zero attached hydrogens (tertiary/aromatic N) is 3. The van der Waals surface area contributed by atoms with Crippen LogP contribution in [-0.4, -0.2) is 33.8 Å². The molecule has 2 N–H and O–H groups in total. The summed E-state index contributed by atoms with van der Waals surface area (Å²) in [4.78, 5) is 16.4. The minimum absolute atomic E-state index is 0.170. The molecule has 2 atom stereocenters. The second-order valence-electron chi connectivity index (χ2n) is 6.62. The van der Waals surface area contributed by atoms with Crippen LogP contribution in [0.4, 0.5) is 18.9 Å². The quantitative estimate of drug-likeness (QED) is 0.834. The maximum atomic E-state index is 13.2. The van der Waals surface area contributed by atoms with Crippen molar-refractivity contribution in [1.29, 1.82) is 5.26 Å². The Morgan fingerprint density at radius 1 is 1.36 bits per heavy atom. The van der Waals surface area contributed by atoms with Crippen LogP contribution in [0.3, 0.4) is 0 Å². The minimum Gasteiger partial charge on any atom is -0.477 e. The van der Waals surface area contributed by atoms with Crippen molar-refractivity contribution in [3.8, 4) is 6.07 Å². The Hall–Kier alpha value is -3.12. The lowest BCUT2D eigenvalue weighted by atomic mass is 9.88. The molecule has 28 heavy (non-hydrogen) atoms. The summed E-state index contributed by atoms with van der Waals surface area (Å²) in [7, 11) is 0. The van der Waals surface area contributed by atoms with Crippen molar-refractivity contribution in [1.82, 2.24) is 4.98 Å². The number of nitriles is 1. The average molecular weight is 391 g/mol. The van der Waals surface area contributed by atoms with Gasteiger partial charge in [0, 0.05) is 24.0 Å². The van der Waals surface area contributed by atoms with E-state index in [4.69, 9.17) is 10.4 Å². The zero-order chi connectivity index (χ0) is 20.7. The Morgan fingerprint density at radius 3 is 2.61 bits per heavy atom. The zero-order valence-corrected chi connectivity index (χ0v) is 14.7. The fourth-order valence-corrected chi connectivity index (χ4v) is 3.51. The Kier molecular flexibility index (Phi) is 4.77. The van der Waals surface area contributed by atoms with E-state index in [-0.39, 0.29) is 24.3 Å². The molecule has 1 saturated heterocycles. The Labute approximate surface area is 158 Å². The Morgan fingerprint density at radius 2 is 2.07 bits per heavy atom. The van der Waals surface area contributed by atoms with Gasteiger partial charge in [0.05, 0.1) is 23.2 Å². The number of aromatic carboxylic acids is 1. The van der Waals surface area contributed by atoms with Crippen LogP contribution < -0.4 is 4.90 Å². The van der Waals surface area contributed by atoms with Gasteiger partial charge in [-0.25, -0.2) is 9.78 Å². The van der Waals surface area contributed by atoms with E-state index in [1.165, 1.54) is 24.4 Å². The molecule has 0 spiro atoms. The number of anilines is 1. The van der Waals surface area contributed by atoms with E-state index in [1.807, 2.05) is 0 Å². The van der Waals surface area contributed by atoms with Crippen molar-refractivity contribution in [2.45, 2.75) is 31.2 Å². The standard InChI is InChI=1S/C19H16F3N3O3/c1-11-18(28,13-3-5-16(17(26)27)24-10-13)6-7-25(11)14-4-2-12(9-23)15(8-14)19(20,21)22/h2-5,8,10-11,28H,6-7H2,1H3,(H,26,27)/t11-,18-/m0/s1. The number of hydrogen-bond donors (Lipinski definition) is 2. The molecule has 1 aromatic heterocycles. The molecule has 146 valence electrons. The van der Waals surface area contributed by atoms with Crippen molar-refractivity contribution in [2.75, 3.05) is 11.4 Å². The summed E-state index contributed by atoms with van der Waals surface area (Å²) < 4.78 is 39.7. The molecule has 3 rings (SSSR count).